The second-order valence-corrected chi connectivity index (χ2v) is 9.80. The highest BCUT2D eigenvalue weighted by Crippen LogP contribution is 2.57. The fourth-order valence-corrected chi connectivity index (χ4v) is 5.79. The van der Waals surface area contributed by atoms with Crippen LogP contribution in [-0.4, -0.2) is 5.97 Å². The number of anilines is 3. The number of nitrogens with zero attached hydrogens (tertiary/aromatic N) is 1. The number of rotatable bonds is 3. The lowest BCUT2D eigenvalue weighted by Crippen LogP contribution is -2.33. The van der Waals surface area contributed by atoms with Crippen molar-refractivity contribution in [1.82, 2.24) is 0 Å². The van der Waals surface area contributed by atoms with E-state index in [2.05, 4.69) is 79.4 Å². The molecule has 0 radical (unpaired) electrons. The number of ether oxygens (including phenoxy) is 2. The van der Waals surface area contributed by atoms with E-state index in [0.29, 0.717) is 17.1 Å². The van der Waals surface area contributed by atoms with Crippen molar-refractivity contribution in [1.29, 1.82) is 0 Å². The molecule has 2 heterocycles. The average Bonchev–Trinajstić information content (AvgIpc) is 3.24. The predicted octanol–water partition coefficient (Wildman–Crippen LogP) is 8.34. The van der Waals surface area contributed by atoms with Gasteiger partial charge in [-0.15, -0.1) is 0 Å². The molecular weight excluding hydrogens is 470 g/mol. The van der Waals surface area contributed by atoms with E-state index in [1.807, 2.05) is 54.6 Å². The van der Waals surface area contributed by atoms with Gasteiger partial charge in [-0.2, -0.15) is 0 Å². The number of hydrogen-bond donors (Lipinski definition) is 0. The fourth-order valence-electron chi connectivity index (χ4n) is 5.79. The molecule has 38 heavy (non-hydrogen) atoms. The minimum Gasteiger partial charge on any atom is -0.456 e. The number of para-hydroxylation sites is 3. The summed E-state index contributed by atoms with van der Waals surface area (Å²) in [5, 5.41) is 0. The molecule has 5 aromatic carbocycles. The van der Waals surface area contributed by atoms with Crippen molar-refractivity contribution in [3.63, 3.8) is 0 Å². The van der Waals surface area contributed by atoms with Gasteiger partial charge in [0.1, 0.15) is 11.5 Å². The lowest BCUT2D eigenvalue weighted by atomic mass is 9.77. The standard InChI is InChI=1S/C34H25NO3/c1-22-11-3-8-16-29(22)35(30-17-9-4-12-23(30)2)24-19-20-28-32(21-24)37-31-18-10-7-15-27(31)34(28)26-14-6-5-13-25(26)33(36)38-34/h3-21H,1-2H3. The van der Waals surface area contributed by atoms with E-state index in [9.17, 15) is 4.79 Å². The lowest BCUT2D eigenvalue weighted by molar-refractivity contribution is 0.0224. The van der Waals surface area contributed by atoms with Crippen LogP contribution in [0.5, 0.6) is 11.5 Å². The van der Waals surface area contributed by atoms with Gasteiger partial charge in [-0.05, 0) is 61.4 Å². The van der Waals surface area contributed by atoms with Gasteiger partial charge in [-0.25, -0.2) is 4.79 Å². The number of carbonyl (C=O) groups is 1. The van der Waals surface area contributed by atoms with Gasteiger partial charge in [-0.1, -0.05) is 72.8 Å². The molecule has 184 valence electrons. The highest BCUT2D eigenvalue weighted by Gasteiger charge is 2.53. The molecule has 0 saturated heterocycles. The van der Waals surface area contributed by atoms with Crippen molar-refractivity contribution >= 4 is 23.0 Å². The molecule has 1 atom stereocenters. The Kier molecular flexibility index (Phi) is 4.92. The van der Waals surface area contributed by atoms with Crippen molar-refractivity contribution in [2.24, 2.45) is 0 Å². The second kappa shape index (κ2) is 8.35. The van der Waals surface area contributed by atoms with E-state index in [1.165, 1.54) is 0 Å². The lowest BCUT2D eigenvalue weighted by Gasteiger charge is -2.37. The van der Waals surface area contributed by atoms with Crippen LogP contribution in [0.2, 0.25) is 0 Å². The summed E-state index contributed by atoms with van der Waals surface area (Å²) >= 11 is 0. The first-order chi connectivity index (χ1) is 18.6. The van der Waals surface area contributed by atoms with E-state index in [0.717, 1.165) is 44.9 Å². The Labute approximate surface area is 221 Å². The number of hydrogen-bond acceptors (Lipinski definition) is 4. The predicted molar refractivity (Wildman–Crippen MR) is 149 cm³/mol. The summed E-state index contributed by atoms with van der Waals surface area (Å²) in [6, 6.07) is 38.4. The molecule has 0 aliphatic carbocycles. The minimum atomic E-state index is -1.06. The molecule has 1 spiro atoms. The maximum absolute atomic E-state index is 13.1. The fraction of sp³-hybridized carbons (Fsp3) is 0.0882. The third kappa shape index (κ3) is 3.13. The summed E-state index contributed by atoms with van der Waals surface area (Å²) in [5.41, 5.74) is 7.46. The summed E-state index contributed by atoms with van der Waals surface area (Å²) in [7, 11) is 0. The van der Waals surface area contributed by atoms with Gasteiger partial charge in [0.05, 0.1) is 5.56 Å². The van der Waals surface area contributed by atoms with E-state index < -0.39 is 5.60 Å². The second-order valence-electron chi connectivity index (χ2n) is 9.80. The van der Waals surface area contributed by atoms with Crippen molar-refractivity contribution in [3.8, 4) is 11.5 Å². The molecule has 7 rings (SSSR count). The molecule has 2 aliphatic rings. The molecule has 5 aromatic rings. The van der Waals surface area contributed by atoms with Crippen LogP contribution in [0, 0.1) is 13.8 Å². The summed E-state index contributed by atoms with van der Waals surface area (Å²) in [6.07, 6.45) is 0. The molecule has 4 nitrogen and oxygen atoms in total. The molecular formula is C34H25NO3. The Morgan fingerprint density at radius 1 is 0.605 bits per heavy atom. The Balaban J connectivity index is 1.47. The molecule has 0 bridgehead atoms. The molecule has 0 N–H and O–H groups in total. The topological polar surface area (TPSA) is 38.8 Å². The van der Waals surface area contributed by atoms with Crippen LogP contribution in [0.25, 0.3) is 0 Å². The summed E-state index contributed by atoms with van der Waals surface area (Å²) in [5.74, 6) is 1.02. The van der Waals surface area contributed by atoms with Gasteiger partial charge in [0.15, 0.2) is 5.60 Å². The van der Waals surface area contributed by atoms with Crippen molar-refractivity contribution < 1.29 is 14.3 Å². The first-order valence-corrected chi connectivity index (χ1v) is 12.7. The third-order valence-electron chi connectivity index (χ3n) is 7.57. The van der Waals surface area contributed by atoms with Gasteiger partial charge in [0.25, 0.3) is 0 Å². The molecule has 0 aromatic heterocycles. The van der Waals surface area contributed by atoms with Crippen LogP contribution in [0.3, 0.4) is 0 Å². The van der Waals surface area contributed by atoms with E-state index >= 15 is 0 Å². The quantitative estimate of drug-likeness (QED) is 0.236. The maximum Gasteiger partial charge on any atom is 0.340 e. The molecule has 0 amide bonds. The van der Waals surface area contributed by atoms with Crippen LogP contribution < -0.4 is 9.64 Å². The van der Waals surface area contributed by atoms with E-state index in [-0.39, 0.29) is 5.97 Å². The van der Waals surface area contributed by atoms with Crippen molar-refractivity contribution in [2.75, 3.05) is 4.90 Å². The highest BCUT2D eigenvalue weighted by molar-refractivity contribution is 5.97. The van der Waals surface area contributed by atoms with Crippen LogP contribution >= 0.6 is 0 Å². The van der Waals surface area contributed by atoms with Gasteiger partial charge >= 0.3 is 5.97 Å². The largest absolute Gasteiger partial charge is 0.456 e. The van der Waals surface area contributed by atoms with E-state index in [1.54, 1.807) is 0 Å². The number of benzene rings is 5. The first kappa shape index (κ1) is 22.4. The number of esters is 1. The monoisotopic (exact) mass is 495 g/mol. The third-order valence-corrected chi connectivity index (χ3v) is 7.57. The van der Waals surface area contributed by atoms with Crippen LogP contribution in [0.15, 0.2) is 115 Å². The molecule has 4 heteroatoms. The van der Waals surface area contributed by atoms with Gasteiger partial charge in [0.2, 0.25) is 0 Å². The van der Waals surface area contributed by atoms with E-state index in [4.69, 9.17) is 9.47 Å². The summed E-state index contributed by atoms with van der Waals surface area (Å²) < 4.78 is 12.8. The van der Waals surface area contributed by atoms with Crippen LogP contribution in [-0.2, 0) is 10.3 Å². The Hall–Kier alpha value is -4.83. The van der Waals surface area contributed by atoms with Gasteiger partial charge in [-0.3, -0.25) is 0 Å². The summed E-state index contributed by atoms with van der Waals surface area (Å²) in [6.45, 7) is 4.24. The zero-order valence-corrected chi connectivity index (χ0v) is 21.1. The van der Waals surface area contributed by atoms with Crippen molar-refractivity contribution in [3.05, 3.63) is 149 Å². The molecule has 1 unspecified atom stereocenters. The zero-order chi connectivity index (χ0) is 25.9. The normalized spacial score (nSPS) is 16.7. The Morgan fingerprint density at radius 2 is 1.18 bits per heavy atom. The van der Waals surface area contributed by atoms with Crippen LogP contribution in [0.4, 0.5) is 17.1 Å². The molecule has 0 saturated carbocycles. The minimum absolute atomic E-state index is 0.325. The SMILES string of the molecule is Cc1ccccc1N(c1ccc2c(c1)Oc1ccccc1C21OC(=O)c2ccccc21)c1ccccc1C. The Morgan fingerprint density at radius 3 is 1.89 bits per heavy atom. The average molecular weight is 496 g/mol. The Bertz CT molecular complexity index is 1690. The zero-order valence-electron chi connectivity index (χ0n) is 21.1. The first-order valence-electron chi connectivity index (χ1n) is 12.7. The maximum atomic E-state index is 13.1. The number of fused-ring (bicyclic) bond motifs is 6. The molecule has 0 fully saturated rings. The smallest absolute Gasteiger partial charge is 0.340 e. The van der Waals surface area contributed by atoms with Gasteiger partial charge in [0, 0.05) is 39.8 Å². The highest BCUT2D eigenvalue weighted by atomic mass is 16.6. The van der Waals surface area contributed by atoms with Crippen LogP contribution in [0.1, 0.15) is 38.2 Å². The molecule has 2 aliphatic heterocycles. The van der Waals surface area contributed by atoms with Crippen molar-refractivity contribution in [2.45, 2.75) is 19.4 Å². The number of carbonyl (C=O) groups excluding carboxylic acids is 1. The summed E-state index contributed by atoms with van der Waals surface area (Å²) in [4.78, 5) is 15.4. The van der Waals surface area contributed by atoms with Gasteiger partial charge < -0.3 is 14.4 Å². The number of aryl methyl sites for hydroxylation is 2.